The number of H-pyrrole nitrogens is 1. The summed E-state index contributed by atoms with van der Waals surface area (Å²) in [4.78, 5) is 14.9. The second kappa shape index (κ2) is 4.03. The number of benzene rings is 2. The molecule has 0 unspecified atom stereocenters. The van der Waals surface area contributed by atoms with E-state index in [0.29, 0.717) is 5.52 Å². The largest absolute Gasteiger partial charge is 0.320 e. The van der Waals surface area contributed by atoms with Crippen LogP contribution in [-0.4, -0.2) is 20.0 Å². The Kier molecular flexibility index (Phi) is 2.20. The number of pyridine rings is 1. The third-order valence-corrected chi connectivity index (χ3v) is 3.32. The minimum Gasteiger partial charge on any atom is -0.320 e. The number of rotatable bonds is 1. The number of nitrogens with one attached hydrogen (secondary N) is 1. The van der Waals surface area contributed by atoms with Gasteiger partial charge in [-0.05, 0) is 18.2 Å². The van der Waals surface area contributed by atoms with Gasteiger partial charge in [-0.25, -0.2) is 4.68 Å². The maximum absolute atomic E-state index is 12.1. The highest BCUT2D eigenvalue weighted by molar-refractivity contribution is 6.02. The van der Waals surface area contributed by atoms with E-state index < -0.39 is 0 Å². The summed E-state index contributed by atoms with van der Waals surface area (Å²) in [6.45, 7) is 0. The second-order valence-electron chi connectivity index (χ2n) is 4.53. The van der Waals surface area contributed by atoms with Crippen LogP contribution in [0.4, 0.5) is 0 Å². The molecule has 20 heavy (non-hydrogen) atoms. The lowest BCUT2D eigenvalue weighted by molar-refractivity contribution is 0.825. The molecule has 0 bridgehead atoms. The van der Waals surface area contributed by atoms with Crippen molar-refractivity contribution in [3.8, 4) is 5.69 Å². The number of fused-ring (bicyclic) bond motifs is 3. The van der Waals surface area contributed by atoms with E-state index in [4.69, 9.17) is 0 Å². The molecule has 0 aliphatic heterocycles. The highest BCUT2D eigenvalue weighted by Gasteiger charge is 2.13. The molecule has 5 heteroatoms. The van der Waals surface area contributed by atoms with Crippen molar-refractivity contribution in [3.05, 3.63) is 65.0 Å². The van der Waals surface area contributed by atoms with Gasteiger partial charge in [0.2, 0.25) is 0 Å². The van der Waals surface area contributed by atoms with Gasteiger partial charge in [-0.3, -0.25) is 4.79 Å². The SMILES string of the molecule is O=c1[nH]c2ccccc2c2c1nnn2-c1ccccc1. The minimum atomic E-state index is -0.221. The lowest BCUT2D eigenvalue weighted by Crippen LogP contribution is -2.07. The molecule has 0 fully saturated rings. The van der Waals surface area contributed by atoms with E-state index >= 15 is 0 Å². The molecule has 0 atom stereocenters. The average molecular weight is 262 g/mol. The third-order valence-electron chi connectivity index (χ3n) is 3.32. The monoisotopic (exact) mass is 262 g/mol. The summed E-state index contributed by atoms with van der Waals surface area (Å²) in [6, 6.07) is 17.3. The summed E-state index contributed by atoms with van der Waals surface area (Å²) in [5.74, 6) is 0. The third kappa shape index (κ3) is 1.46. The molecular formula is C15H10N4O. The van der Waals surface area contributed by atoms with Gasteiger partial charge >= 0.3 is 0 Å². The number of hydrogen-bond acceptors (Lipinski definition) is 3. The highest BCUT2D eigenvalue weighted by Crippen LogP contribution is 2.21. The highest BCUT2D eigenvalue weighted by atomic mass is 16.1. The molecule has 0 aliphatic rings. The number of nitrogens with zero attached hydrogens (tertiary/aromatic N) is 3. The fourth-order valence-electron chi connectivity index (χ4n) is 2.41. The molecule has 1 N–H and O–H groups in total. The van der Waals surface area contributed by atoms with Gasteiger partial charge in [-0.1, -0.05) is 41.6 Å². The van der Waals surface area contributed by atoms with Gasteiger partial charge in [0.25, 0.3) is 5.56 Å². The minimum absolute atomic E-state index is 0.221. The van der Waals surface area contributed by atoms with Crippen molar-refractivity contribution in [1.82, 2.24) is 20.0 Å². The van der Waals surface area contributed by atoms with Gasteiger partial charge < -0.3 is 4.98 Å². The fraction of sp³-hybridized carbons (Fsp3) is 0. The summed E-state index contributed by atoms with van der Waals surface area (Å²) in [5.41, 5.74) is 2.53. The summed E-state index contributed by atoms with van der Waals surface area (Å²) < 4.78 is 1.70. The van der Waals surface area contributed by atoms with Crippen LogP contribution in [-0.2, 0) is 0 Å². The first-order valence-corrected chi connectivity index (χ1v) is 6.26. The van der Waals surface area contributed by atoms with Crippen molar-refractivity contribution < 1.29 is 0 Å². The predicted octanol–water partition coefficient (Wildman–Crippen LogP) is 2.26. The first-order chi connectivity index (χ1) is 9.84. The molecule has 2 heterocycles. The van der Waals surface area contributed by atoms with E-state index in [0.717, 1.165) is 22.1 Å². The van der Waals surface area contributed by atoms with Crippen molar-refractivity contribution in [2.75, 3.05) is 0 Å². The molecule has 5 nitrogen and oxygen atoms in total. The van der Waals surface area contributed by atoms with Crippen LogP contribution in [0.3, 0.4) is 0 Å². The van der Waals surface area contributed by atoms with Crippen molar-refractivity contribution in [1.29, 1.82) is 0 Å². The van der Waals surface area contributed by atoms with Crippen LogP contribution in [0.25, 0.3) is 27.6 Å². The Balaban J connectivity index is 2.22. The zero-order chi connectivity index (χ0) is 13.5. The standard InChI is InChI=1S/C15H10N4O/c20-15-13-14(11-8-4-5-9-12(11)16-15)19(18-17-13)10-6-2-1-3-7-10/h1-9H,(H,16,20). The lowest BCUT2D eigenvalue weighted by atomic mass is 10.2. The van der Waals surface area contributed by atoms with Crippen LogP contribution < -0.4 is 5.56 Å². The van der Waals surface area contributed by atoms with E-state index in [1.807, 2.05) is 54.6 Å². The maximum Gasteiger partial charge on any atom is 0.278 e. The Morgan fingerprint density at radius 1 is 0.950 bits per heavy atom. The molecule has 0 radical (unpaired) electrons. The Bertz CT molecular complexity index is 969. The van der Waals surface area contributed by atoms with Crippen LogP contribution in [0, 0.1) is 0 Å². The van der Waals surface area contributed by atoms with Crippen LogP contribution in [0.1, 0.15) is 0 Å². The quantitative estimate of drug-likeness (QED) is 0.572. The van der Waals surface area contributed by atoms with E-state index in [9.17, 15) is 4.79 Å². The number of aromatic amines is 1. The fourth-order valence-corrected chi connectivity index (χ4v) is 2.41. The van der Waals surface area contributed by atoms with Crippen LogP contribution in [0.15, 0.2) is 59.4 Å². The van der Waals surface area contributed by atoms with E-state index in [-0.39, 0.29) is 5.56 Å². The topological polar surface area (TPSA) is 63.6 Å². The van der Waals surface area contributed by atoms with E-state index in [1.54, 1.807) is 4.68 Å². The smallest absolute Gasteiger partial charge is 0.278 e. The van der Waals surface area contributed by atoms with Crippen molar-refractivity contribution in [2.45, 2.75) is 0 Å². The number of hydrogen-bond donors (Lipinski definition) is 1. The van der Waals surface area contributed by atoms with Crippen molar-refractivity contribution in [3.63, 3.8) is 0 Å². The molecule has 96 valence electrons. The summed E-state index contributed by atoms with van der Waals surface area (Å²) in [6.07, 6.45) is 0. The normalized spacial score (nSPS) is 11.2. The predicted molar refractivity (Wildman–Crippen MR) is 77.0 cm³/mol. The molecule has 0 amide bonds. The first kappa shape index (κ1) is 10.9. The molecule has 0 spiro atoms. The van der Waals surface area contributed by atoms with E-state index in [2.05, 4.69) is 15.3 Å². The van der Waals surface area contributed by atoms with Gasteiger partial charge in [-0.2, -0.15) is 0 Å². The first-order valence-electron chi connectivity index (χ1n) is 6.26. The van der Waals surface area contributed by atoms with Crippen molar-refractivity contribution in [2.24, 2.45) is 0 Å². The lowest BCUT2D eigenvalue weighted by Gasteiger charge is -2.04. The summed E-state index contributed by atoms with van der Waals surface area (Å²) in [5, 5.41) is 9.06. The van der Waals surface area contributed by atoms with E-state index in [1.165, 1.54) is 0 Å². The Hall–Kier alpha value is -2.95. The second-order valence-corrected chi connectivity index (χ2v) is 4.53. The molecule has 4 rings (SSSR count). The molecule has 4 aromatic rings. The van der Waals surface area contributed by atoms with Gasteiger partial charge in [0.15, 0.2) is 5.52 Å². The molecular weight excluding hydrogens is 252 g/mol. The summed E-state index contributed by atoms with van der Waals surface area (Å²) in [7, 11) is 0. The van der Waals surface area contributed by atoms with Crippen LogP contribution in [0.2, 0.25) is 0 Å². The van der Waals surface area contributed by atoms with Crippen LogP contribution in [0.5, 0.6) is 0 Å². The van der Waals surface area contributed by atoms with Gasteiger partial charge in [0, 0.05) is 5.39 Å². The van der Waals surface area contributed by atoms with Crippen LogP contribution >= 0.6 is 0 Å². The van der Waals surface area contributed by atoms with Gasteiger partial charge in [-0.15, -0.1) is 5.10 Å². The number of aromatic nitrogens is 4. The van der Waals surface area contributed by atoms with Gasteiger partial charge in [0.1, 0.15) is 5.52 Å². The number of para-hydroxylation sites is 2. The zero-order valence-corrected chi connectivity index (χ0v) is 10.4. The molecule has 2 aromatic heterocycles. The Labute approximate surface area is 113 Å². The Morgan fingerprint density at radius 3 is 2.55 bits per heavy atom. The Morgan fingerprint density at radius 2 is 1.70 bits per heavy atom. The maximum atomic E-state index is 12.1. The average Bonchev–Trinajstić information content (AvgIpc) is 2.94. The molecule has 0 saturated carbocycles. The van der Waals surface area contributed by atoms with Crippen molar-refractivity contribution >= 4 is 21.9 Å². The summed E-state index contributed by atoms with van der Waals surface area (Å²) >= 11 is 0. The zero-order valence-electron chi connectivity index (χ0n) is 10.4. The van der Waals surface area contributed by atoms with Gasteiger partial charge in [0.05, 0.1) is 11.2 Å². The molecule has 2 aromatic carbocycles. The molecule has 0 aliphatic carbocycles. The molecule has 0 saturated heterocycles.